The maximum Gasteiger partial charge on any atom is 0.228 e. The van der Waals surface area contributed by atoms with Crippen molar-refractivity contribution >= 4 is 11.8 Å². The fraction of sp³-hybridized carbons (Fsp3) is 0.346. The summed E-state index contributed by atoms with van der Waals surface area (Å²) in [5.74, 6) is 0.0700. The van der Waals surface area contributed by atoms with E-state index in [2.05, 4.69) is 34.7 Å². The number of hydrogen-bond acceptors (Lipinski definition) is 3. The van der Waals surface area contributed by atoms with E-state index >= 15 is 0 Å². The Balaban J connectivity index is 1.53. The fourth-order valence-electron chi connectivity index (χ4n) is 4.69. The molecule has 2 amide bonds. The molecular weight excluding hydrogens is 400 g/mol. The predicted octanol–water partition coefficient (Wildman–Crippen LogP) is 3.46. The molecule has 0 aliphatic carbocycles. The molecule has 0 bridgehead atoms. The van der Waals surface area contributed by atoms with Crippen molar-refractivity contribution < 1.29 is 9.59 Å². The van der Waals surface area contributed by atoms with E-state index in [4.69, 9.17) is 0 Å². The molecule has 1 atom stereocenters. The quantitative estimate of drug-likeness (QED) is 0.624. The highest BCUT2D eigenvalue weighted by Gasteiger charge is 2.45. The fourth-order valence-corrected chi connectivity index (χ4v) is 4.69. The zero-order chi connectivity index (χ0) is 22.6. The van der Waals surface area contributed by atoms with E-state index in [0.717, 1.165) is 22.4 Å². The van der Waals surface area contributed by atoms with Crippen LogP contribution in [-0.4, -0.2) is 46.6 Å². The molecule has 3 aromatic rings. The third-order valence-corrected chi connectivity index (χ3v) is 6.51. The topological polar surface area (TPSA) is 67.2 Å². The minimum atomic E-state index is -0.628. The molecule has 1 aliphatic heterocycles. The van der Waals surface area contributed by atoms with Crippen molar-refractivity contribution in [2.75, 3.05) is 20.1 Å². The molecule has 6 nitrogen and oxygen atoms in total. The number of amides is 2. The number of nitrogens with zero attached hydrogens (tertiary/aromatic N) is 3. The highest BCUT2D eigenvalue weighted by molar-refractivity contribution is 5.86. The van der Waals surface area contributed by atoms with Crippen LogP contribution in [0.25, 0.3) is 11.1 Å². The van der Waals surface area contributed by atoms with Crippen LogP contribution in [0.5, 0.6) is 0 Å². The summed E-state index contributed by atoms with van der Waals surface area (Å²) in [6.45, 7) is 3.57. The maximum absolute atomic E-state index is 13.1. The van der Waals surface area contributed by atoms with Gasteiger partial charge in [0.05, 0.1) is 5.41 Å². The Morgan fingerprint density at radius 3 is 2.53 bits per heavy atom. The molecule has 0 spiro atoms. The molecule has 2 heterocycles. The van der Waals surface area contributed by atoms with E-state index in [1.165, 1.54) is 0 Å². The molecule has 1 aromatic heterocycles. The first kappa shape index (κ1) is 21.8. The van der Waals surface area contributed by atoms with Gasteiger partial charge in [0.1, 0.15) is 0 Å². The zero-order valence-corrected chi connectivity index (χ0v) is 18.8. The monoisotopic (exact) mass is 430 g/mol. The van der Waals surface area contributed by atoms with Gasteiger partial charge in [-0.3, -0.25) is 14.3 Å². The van der Waals surface area contributed by atoms with Gasteiger partial charge in [-0.05, 0) is 42.5 Å². The van der Waals surface area contributed by atoms with Crippen molar-refractivity contribution in [2.45, 2.75) is 32.7 Å². The summed E-state index contributed by atoms with van der Waals surface area (Å²) >= 11 is 0. The lowest BCUT2D eigenvalue weighted by Crippen LogP contribution is -2.44. The third kappa shape index (κ3) is 4.44. The number of carbonyl (C=O) groups is 2. The zero-order valence-electron chi connectivity index (χ0n) is 18.8. The van der Waals surface area contributed by atoms with Gasteiger partial charge < -0.3 is 10.2 Å². The van der Waals surface area contributed by atoms with E-state index in [-0.39, 0.29) is 11.8 Å². The molecule has 32 heavy (non-hydrogen) atoms. The van der Waals surface area contributed by atoms with Gasteiger partial charge in [0, 0.05) is 45.0 Å². The summed E-state index contributed by atoms with van der Waals surface area (Å²) < 4.78 is 1.84. The van der Waals surface area contributed by atoms with Gasteiger partial charge in [-0.25, -0.2) is 0 Å². The number of benzene rings is 2. The molecule has 1 aliphatic rings. The molecule has 166 valence electrons. The molecule has 1 fully saturated rings. The third-order valence-electron chi connectivity index (χ3n) is 6.51. The molecule has 4 rings (SSSR count). The van der Waals surface area contributed by atoms with E-state index in [0.29, 0.717) is 38.9 Å². The smallest absolute Gasteiger partial charge is 0.228 e. The minimum absolute atomic E-state index is 0.00131. The average molecular weight is 431 g/mol. The molecule has 1 saturated heterocycles. The van der Waals surface area contributed by atoms with E-state index in [1.807, 2.05) is 52.9 Å². The summed E-state index contributed by atoms with van der Waals surface area (Å²) in [5.41, 5.74) is 3.81. The first-order valence-electron chi connectivity index (χ1n) is 11.1. The number of hydrogen-bond donors (Lipinski definition) is 1. The van der Waals surface area contributed by atoms with Crippen LogP contribution in [-0.2, 0) is 22.6 Å². The second-order valence-corrected chi connectivity index (χ2v) is 8.57. The highest BCUT2D eigenvalue weighted by atomic mass is 16.2. The Hall–Kier alpha value is -3.41. The van der Waals surface area contributed by atoms with Crippen LogP contribution in [0.3, 0.4) is 0 Å². The van der Waals surface area contributed by atoms with Gasteiger partial charge >= 0.3 is 0 Å². The van der Waals surface area contributed by atoms with Crippen LogP contribution in [0.4, 0.5) is 0 Å². The molecule has 6 heteroatoms. The van der Waals surface area contributed by atoms with Crippen molar-refractivity contribution in [1.29, 1.82) is 0 Å². The van der Waals surface area contributed by atoms with Crippen molar-refractivity contribution in [2.24, 2.45) is 5.41 Å². The number of aromatic nitrogens is 2. The molecule has 0 saturated carbocycles. The molecule has 2 aromatic carbocycles. The van der Waals surface area contributed by atoms with Crippen LogP contribution in [0.15, 0.2) is 66.9 Å². The number of likely N-dealkylation sites (tertiary alicyclic amines) is 1. The van der Waals surface area contributed by atoms with Crippen LogP contribution < -0.4 is 5.32 Å². The summed E-state index contributed by atoms with van der Waals surface area (Å²) in [6, 6.07) is 20.4. The molecule has 1 N–H and O–H groups in total. The van der Waals surface area contributed by atoms with Crippen molar-refractivity contribution in [3.8, 4) is 11.1 Å². The van der Waals surface area contributed by atoms with Crippen LogP contribution >= 0.6 is 0 Å². The minimum Gasteiger partial charge on any atom is -0.359 e. The van der Waals surface area contributed by atoms with Gasteiger partial charge in [0.2, 0.25) is 11.8 Å². The second-order valence-electron chi connectivity index (χ2n) is 8.57. The van der Waals surface area contributed by atoms with Crippen molar-refractivity contribution in [3.05, 3.63) is 78.1 Å². The van der Waals surface area contributed by atoms with Gasteiger partial charge in [-0.15, -0.1) is 0 Å². The lowest BCUT2D eigenvalue weighted by atomic mass is 9.78. The molecule has 0 unspecified atom stereocenters. The Labute approximate surface area is 189 Å². The molecule has 0 radical (unpaired) electrons. The van der Waals surface area contributed by atoms with E-state index < -0.39 is 5.41 Å². The average Bonchev–Trinajstić information content (AvgIpc) is 3.45. The van der Waals surface area contributed by atoms with Gasteiger partial charge in [0.15, 0.2) is 0 Å². The number of nitrogens with one attached hydrogen (secondary N) is 1. The first-order valence-corrected chi connectivity index (χ1v) is 11.1. The van der Waals surface area contributed by atoms with Crippen molar-refractivity contribution in [3.63, 3.8) is 0 Å². The predicted molar refractivity (Wildman–Crippen MR) is 125 cm³/mol. The molecular formula is C26H30N4O2. The Morgan fingerprint density at radius 1 is 1.06 bits per heavy atom. The number of rotatable bonds is 7. The normalized spacial score (nSPS) is 18.0. The summed E-state index contributed by atoms with van der Waals surface area (Å²) in [6.07, 6.45) is 3.38. The Bertz CT molecular complexity index is 1090. The SMILES string of the molecule is CNC(=O)[C@]1(Cc2ccccc2-c2ccccc2)CCN(C(=O)CCn2nccc2C)C1. The Kier molecular flexibility index (Phi) is 6.40. The second kappa shape index (κ2) is 9.39. The van der Waals surface area contributed by atoms with E-state index in [1.54, 1.807) is 13.2 Å². The summed E-state index contributed by atoms with van der Waals surface area (Å²) in [7, 11) is 1.68. The summed E-state index contributed by atoms with van der Waals surface area (Å²) in [5, 5.41) is 7.12. The largest absolute Gasteiger partial charge is 0.359 e. The summed E-state index contributed by atoms with van der Waals surface area (Å²) in [4.78, 5) is 27.9. The van der Waals surface area contributed by atoms with Crippen molar-refractivity contribution in [1.82, 2.24) is 20.0 Å². The van der Waals surface area contributed by atoms with Crippen LogP contribution in [0.1, 0.15) is 24.1 Å². The van der Waals surface area contributed by atoms with Gasteiger partial charge in [-0.1, -0.05) is 54.6 Å². The van der Waals surface area contributed by atoms with Crippen LogP contribution in [0, 0.1) is 12.3 Å². The lowest BCUT2D eigenvalue weighted by molar-refractivity contribution is -0.133. The number of carbonyl (C=O) groups excluding carboxylic acids is 2. The van der Waals surface area contributed by atoms with Gasteiger partial charge in [0.25, 0.3) is 0 Å². The maximum atomic E-state index is 13.1. The van der Waals surface area contributed by atoms with E-state index in [9.17, 15) is 9.59 Å². The Morgan fingerprint density at radius 2 is 1.81 bits per heavy atom. The lowest BCUT2D eigenvalue weighted by Gasteiger charge is -2.28. The number of aryl methyl sites for hydroxylation is 2. The standard InChI is InChI=1S/C26H30N4O2/c1-20-12-15-28-30(20)16-13-24(31)29-17-14-26(19-29,25(32)27-2)18-22-10-6-7-11-23(22)21-8-4-3-5-9-21/h3-12,15H,13-14,16-19H2,1-2H3,(H,27,32)/t26-/m0/s1. The van der Waals surface area contributed by atoms with Crippen LogP contribution in [0.2, 0.25) is 0 Å². The first-order chi connectivity index (χ1) is 15.5. The van der Waals surface area contributed by atoms with Gasteiger partial charge in [-0.2, -0.15) is 5.10 Å². The highest BCUT2D eigenvalue weighted by Crippen LogP contribution is 2.37.